The Bertz CT molecular complexity index is 401. The van der Waals surface area contributed by atoms with Gasteiger partial charge in [-0.25, -0.2) is 4.39 Å². The van der Waals surface area contributed by atoms with Crippen LogP contribution in [0.25, 0.3) is 0 Å². The highest BCUT2D eigenvalue weighted by Crippen LogP contribution is 2.31. The standard InChI is InChI=1S/C9H9FN2O/c1-4-6(11)2-5-3-7(13)12-9(5)8(4)10/h2H,3,11H2,1H3,(H,12,13). The molecule has 0 saturated carbocycles. The maximum atomic E-state index is 13.4. The number of nitrogens with two attached hydrogens (primary N) is 1. The molecule has 0 atom stereocenters. The summed E-state index contributed by atoms with van der Waals surface area (Å²) < 4.78 is 13.4. The average molecular weight is 180 g/mol. The van der Waals surface area contributed by atoms with Crippen molar-refractivity contribution in [1.82, 2.24) is 0 Å². The molecular formula is C9H9FN2O. The van der Waals surface area contributed by atoms with E-state index >= 15 is 0 Å². The minimum atomic E-state index is -0.416. The van der Waals surface area contributed by atoms with Crippen molar-refractivity contribution in [3.05, 3.63) is 23.0 Å². The van der Waals surface area contributed by atoms with Crippen molar-refractivity contribution in [2.45, 2.75) is 13.3 Å². The van der Waals surface area contributed by atoms with E-state index < -0.39 is 5.82 Å². The Balaban J connectivity index is 2.66. The lowest BCUT2D eigenvalue weighted by molar-refractivity contribution is -0.115. The van der Waals surface area contributed by atoms with Gasteiger partial charge in [0.2, 0.25) is 5.91 Å². The fraction of sp³-hybridized carbons (Fsp3) is 0.222. The number of hydrogen-bond donors (Lipinski definition) is 2. The van der Waals surface area contributed by atoms with Gasteiger partial charge < -0.3 is 11.1 Å². The van der Waals surface area contributed by atoms with Gasteiger partial charge in [-0.1, -0.05) is 0 Å². The lowest BCUT2D eigenvalue weighted by Crippen LogP contribution is -2.05. The molecule has 13 heavy (non-hydrogen) atoms. The molecular weight excluding hydrogens is 171 g/mol. The van der Waals surface area contributed by atoms with Crippen molar-refractivity contribution in [3.63, 3.8) is 0 Å². The molecule has 4 heteroatoms. The Morgan fingerprint density at radius 3 is 3.00 bits per heavy atom. The summed E-state index contributed by atoms with van der Waals surface area (Å²) in [4.78, 5) is 11.0. The number of nitrogens with one attached hydrogen (secondary N) is 1. The second kappa shape index (κ2) is 2.45. The number of halogens is 1. The van der Waals surface area contributed by atoms with Gasteiger partial charge in [-0.15, -0.1) is 0 Å². The maximum absolute atomic E-state index is 13.4. The predicted octanol–water partition coefficient (Wildman–Crippen LogP) is 1.21. The van der Waals surface area contributed by atoms with Gasteiger partial charge in [0.15, 0.2) is 5.82 Å². The minimum absolute atomic E-state index is 0.182. The quantitative estimate of drug-likeness (QED) is 0.589. The fourth-order valence-electron chi connectivity index (χ4n) is 1.45. The van der Waals surface area contributed by atoms with Crippen molar-refractivity contribution in [2.24, 2.45) is 0 Å². The van der Waals surface area contributed by atoms with Crippen molar-refractivity contribution < 1.29 is 9.18 Å². The molecule has 1 heterocycles. The Morgan fingerprint density at radius 2 is 2.31 bits per heavy atom. The second-order valence-corrected chi connectivity index (χ2v) is 3.16. The van der Waals surface area contributed by atoms with E-state index in [9.17, 15) is 9.18 Å². The van der Waals surface area contributed by atoms with E-state index in [1.165, 1.54) is 0 Å². The minimum Gasteiger partial charge on any atom is -0.398 e. The molecule has 0 unspecified atom stereocenters. The highest BCUT2D eigenvalue weighted by molar-refractivity contribution is 6.00. The number of carbonyl (C=O) groups excluding carboxylic acids is 1. The topological polar surface area (TPSA) is 55.1 Å². The van der Waals surface area contributed by atoms with Crippen molar-refractivity contribution in [3.8, 4) is 0 Å². The summed E-state index contributed by atoms with van der Waals surface area (Å²) in [5.74, 6) is -0.597. The van der Waals surface area contributed by atoms with Crippen molar-refractivity contribution >= 4 is 17.3 Å². The molecule has 0 aromatic heterocycles. The van der Waals surface area contributed by atoms with E-state index in [0.29, 0.717) is 16.8 Å². The number of anilines is 2. The van der Waals surface area contributed by atoms with E-state index in [1.54, 1.807) is 13.0 Å². The van der Waals surface area contributed by atoms with Gasteiger partial charge in [-0.2, -0.15) is 0 Å². The normalized spacial score (nSPS) is 14.2. The number of nitrogen functional groups attached to an aromatic ring is 1. The summed E-state index contributed by atoms with van der Waals surface area (Å²) in [6.07, 6.45) is 0.219. The average Bonchev–Trinajstić information content (AvgIpc) is 2.42. The van der Waals surface area contributed by atoms with E-state index in [4.69, 9.17) is 5.73 Å². The molecule has 0 fully saturated rings. The first-order chi connectivity index (χ1) is 6.09. The van der Waals surface area contributed by atoms with Crippen LogP contribution in [-0.4, -0.2) is 5.91 Å². The first kappa shape index (κ1) is 8.04. The van der Waals surface area contributed by atoms with Crippen LogP contribution in [0.2, 0.25) is 0 Å². The third-order valence-corrected chi connectivity index (χ3v) is 2.25. The van der Waals surface area contributed by atoms with Gasteiger partial charge in [0.1, 0.15) is 0 Å². The van der Waals surface area contributed by atoms with Crippen LogP contribution in [0.15, 0.2) is 6.07 Å². The Labute approximate surface area is 74.7 Å². The van der Waals surface area contributed by atoms with Gasteiger partial charge in [0.25, 0.3) is 0 Å². The monoisotopic (exact) mass is 180 g/mol. The van der Waals surface area contributed by atoms with E-state index in [-0.39, 0.29) is 18.0 Å². The molecule has 1 aromatic carbocycles. The van der Waals surface area contributed by atoms with Crippen molar-refractivity contribution in [1.29, 1.82) is 0 Å². The van der Waals surface area contributed by atoms with E-state index in [2.05, 4.69) is 5.32 Å². The zero-order valence-corrected chi connectivity index (χ0v) is 7.15. The van der Waals surface area contributed by atoms with Gasteiger partial charge in [0.05, 0.1) is 12.1 Å². The summed E-state index contributed by atoms with van der Waals surface area (Å²) in [6, 6.07) is 1.64. The molecule has 1 aromatic rings. The van der Waals surface area contributed by atoms with Crippen LogP contribution in [0, 0.1) is 12.7 Å². The van der Waals surface area contributed by atoms with Gasteiger partial charge in [-0.3, -0.25) is 4.79 Å². The number of rotatable bonds is 0. The lowest BCUT2D eigenvalue weighted by atomic mass is 10.1. The summed E-state index contributed by atoms with van der Waals surface area (Å²) in [5, 5.41) is 2.46. The number of benzene rings is 1. The maximum Gasteiger partial charge on any atom is 0.228 e. The molecule has 1 aliphatic rings. The summed E-state index contributed by atoms with van der Waals surface area (Å²) in [6.45, 7) is 1.59. The van der Waals surface area contributed by atoms with Gasteiger partial charge in [-0.05, 0) is 18.6 Å². The molecule has 1 amide bonds. The number of carbonyl (C=O) groups is 1. The first-order valence-electron chi connectivity index (χ1n) is 3.97. The smallest absolute Gasteiger partial charge is 0.228 e. The highest BCUT2D eigenvalue weighted by Gasteiger charge is 2.23. The SMILES string of the molecule is Cc1c(N)cc2c(c1F)NC(=O)C2. The molecule has 0 bridgehead atoms. The number of hydrogen-bond acceptors (Lipinski definition) is 2. The summed E-state index contributed by atoms with van der Waals surface area (Å²) >= 11 is 0. The third-order valence-electron chi connectivity index (χ3n) is 2.25. The largest absolute Gasteiger partial charge is 0.398 e. The second-order valence-electron chi connectivity index (χ2n) is 3.16. The van der Waals surface area contributed by atoms with E-state index in [1.807, 2.05) is 0 Å². The molecule has 3 nitrogen and oxygen atoms in total. The number of amides is 1. The molecule has 0 radical (unpaired) electrons. The molecule has 0 spiro atoms. The predicted molar refractivity (Wildman–Crippen MR) is 47.9 cm³/mol. The van der Waals surface area contributed by atoms with E-state index in [0.717, 1.165) is 0 Å². The van der Waals surface area contributed by atoms with Crippen LogP contribution in [-0.2, 0) is 11.2 Å². The van der Waals surface area contributed by atoms with Crippen LogP contribution >= 0.6 is 0 Å². The van der Waals surface area contributed by atoms with Crippen LogP contribution in [0.4, 0.5) is 15.8 Å². The third kappa shape index (κ3) is 1.06. The molecule has 68 valence electrons. The van der Waals surface area contributed by atoms with Gasteiger partial charge >= 0.3 is 0 Å². The van der Waals surface area contributed by atoms with Crippen LogP contribution in [0.3, 0.4) is 0 Å². The van der Waals surface area contributed by atoms with Crippen LogP contribution in [0.1, 0.15) is 11.1 Å². The summed E-state index contributed by atoms with van der Waals surface area (Å²) in [7, 11) is 0. The number of fused-ring (bicyclic) bond motifs is 1. The van der Waals surface area contributed by atoms with Crippen LogP contribution in [0.5, 0.6) is 0 Å². The van der Waals surface area contributed by atoms with Crippen molar-refractivity contribution in [2.75, 3.05) is 11.1 Å². The zero-order chi connectivity index (χ0) is 9.59. The molecule has 2 rings (SSSR count). The Kier molecular flexibility index (Phi) is 1.52. The molecule has 3 N–H and O–H groups in total. The molecule has 0 aliphatic carbocycles. The molecule has 1 aliphatic heterocycles. The highest BCUT2D eigenvalue weighted by atomic mass is 19.1. The Morgan fingerprint density at radius 1 is 1.62 bits per heavy atom. The first-order valence-corrected chi connectivity index (χ1v) is 3.97. The summed E-state index contributed by atoms with van der Waals surface area (Å²) in [5.41, 5.74) is 7.28. The molecule has 0 saturated heterocycles. The Hall–Kier alpha value is -1.58. The fourth-order valence-corrected chi connectivity index (χ4v) is 1.45. The van der Waals surface area contributed by atoms with Crippen LogP contribution < -0.4 is 11.1 Å². The van der Waals surface area contributed by atoms with Gasteiger partial charge in [0, 0.05) is 11.3 Å². The zero-order valence-electron chi connectivity index (χ0n) is 7.15. The lowest BCUT2D eigenvalue weighted by Gasteiger charge is -2.06.